The summed E-state index contributed by atoms with van der Waals surface area (Å²) >= 11 is 0. The van der Waals surface area contributed by atoms with Crippen LogP contribution in [-0.2, 0) is 22.4 Å². The lowest BCUT2D eigenvalue weighted by molar-refractivity contribution is -0.167. The van der Waals surface area contributed by atoms with Crippen LogP contribution in [0.5, 0.6) is 5.75 Å². The molecule has 2 aromatic carbocycles. The number of carboxylic acids is 1. The monoisotopic (exact) mass is 411 g/mol. The number of piperidine rings is 1. The number of hydrogen-bond acceptors (Lipinski definition) is 4. The minimum absolute atomic E-state index is 0.0344. The second kappa shape index (κ2) is 9.76. The minimum atomic E-state index is -1.33. The maximum Gasteiger partial charge on any atom is 0.314 e. The van der Waals surface area contributed by atoms with E-state index in [2.05, 4.69) is 0 Å². The number of phenols is 1. The fourth-order valence-electron chi connectivity index (χ4n) is 4.18. The number of rotatable bonds is 8. The summed E-state index contributed by atoms with van der Waals surface area (Å²) in [6.07, 6.45) is 1.77. The molecule has 3 N–H and O–H groups in total. The molecule has 0 aromatic heterocycles. The Balaban J connectivity index is 1.62. The van der Waals surface area contributed by atoms with Gasteiger partial charge in [-0.25, -0.2) is 0 Å². The molecule has 0 bridgehead atoms. The zero-order valence-corrected chi connectivity index (χ0v) is 17.0. The number of nitrogens with zero attached hydrogens (tertiary/aromatic N) is 1. The summed E-state index contributed by atoms with van der Waals surface area (Å²) in [4.78, 5) is 26.5. The largest absolute Gasteiger partial charge is 0.508 e. The van der Waals surface area contributed by atoms with Crippen molar-refractivity contribution in [3.05, 3.63) is 65.7 Å². The second-order valence-corrected chi connectivity index (χ2v) is 8.09. The Morgan fingerprint density at radius 3 is 2.33 bits per heavy atom. The van der Waals surface area contributed by atoms with E-state index in [1.165, 1.54) is 0 Å². The molecule has 1 aliphatic rings. The van der Waals surface area contributed by atoms with Crippen LogP contribution in [0.4, 0.5) is 0 Å². The van der Waals surface area contributed by atoms with Gasteiger partial charge in [0.1, 0.15) is 11.2 Å². The number of carbonyl (C=O) groups excluding carboxylic acids is 1. The molecule has 0 radical (unpaired) electrons. The number of aryl methyl sites for hydroxylation is 2. The van der Waals surface area contributed by atoms with Gasteiger partial charge in [0.25, 0.3) is 0 Å². The Morgan fingerprint density at radius 1 is 1.00 bits per heavy atom. The van der Waals surface area contributed by atoms with Crippen molar-refractivity contribution in [1.82, 2.24) is 4.90 Å². The molecule has 0 spiro atoms. The number of aliphatic hydroxyl groups excluding tert-OH is 1. The quantitative estimate of drug-likeness (QED) is 0.620. The first-order valence-corrected chi connectivity index (χ1v) is 10.4. The van der Waals surface area contributed by atoms with Gasteiger partial charge in [-0.2, -0.15) is 0 Å². The van der Waals surface area contributed by atoms with Crippen LogP contribution in [0.1, 0.15) is 36.8 Å². The number of aliphatic carboxylic acids is 1. The van der Waals surface area contributed by atoms with E-state index >= 15 is 0 Å². The third kappa shape index (κ3) is 5.19. The minimum Gasteiger partial charge on any atom is -0.508 e. The lowest BCUT2D eigenvalue weighted by Gasteiger charge is -2.43. The van der Waals surface area contributed by atoms with E-state index in [4.69, 9.17) is 0 Å². The van der Waals surface area contributed by atoms with Crippen molar-refractivity contribution in [2.24, 2.45) is 5.41 Å². The van der Waals surface area contributed by atoms with Gasteiger partial charge in [-0.05, 0) is 55.4 Å². The van der Waals surface area contributed by atoms with E-state index in [1.54, 1.807) is 29.2 Å². The van der Waals surface area contributed by atoms with Crippen molar-refractivity contribution in [3.63, 3.8) is 0 Å². The van der Waals surface area contributed by atoms with Gasteiger partial charge in [-0.15, -0.1) is 0 Å². The maximum absolute atomic E-state index is 12.8. The fraction of sp³-hybridized carbons (Fsp3) is 0.417. The molecular formula is C24H29NO5. The van der Waals surface area contributed by atoms with Crippen LogP contribution >= 0.6 is 0 Å². The number of carbonyl (C=O) groups is 2. The van der Waals surface area contributed by atoms with Gasteiger partial charge in [0.15, 0.2) is 0 Å². The highest BCUT2D eigenvalue weighted by molar-refractivity contribution is 5.80. The molecule has 0 saturated carbocycles. The molecule has 30 heavy (non-hydrogen) atoms. The zero-order valence-electron chi connectivity index (χ0n) is 17.0. The zero-order chi connectivity index (χ0) is 21.6. The summed E-state index contributed by atoms with van der Waals surface area (Å²) in [5.74, 6) is -0.973. The molecule has 6 heteroatoms. The van der Waals surface area contributed by atoms with E-state index in [-0.39, 0.29) is 31.0 Å². The highest BCUT2D eigenvalue weighted by atomic mass is 16.4. The van der Waals surface area contributed by atoms with Crippen LogP contribution in [0.2, 0.25) is 0 Å². The molecule has 1 fully saturated rings. The van der Waals surface area contributed by atoms with Crippen molar-refractivity contribution in [2.45, 2.75) is 44.6 Å². The summed E-state index contributed by atoms with van der Waals surface area (Å²) in [5, 5.41) is 29.9. The number of benzene rings is 2. The Morgan fingerprint density at radius 2 is 1.67 bits per heavy atom. The summed E-state index contributed by atoms with van der Waals surface area (Å²) in [6, 6.07) is 16.6. The van der Waals surface area contributed by atoms with Gasteiger partial charge < -0.3 is 20.2 Å². The topological polar surface area (TPSA) is 98.1 Å². The third-order valence-corrected chi connectivity index (χ3v) is 6.06. The Kier molecular flexibility index (Phi) is 7.11. The third-order valence-electron chi connectivity index (χ3n) is 6.06. The maximum atomic E-state index is 12.8. The van der Waals surface area contributed by atoms with Crippen LogP contribution in [-0.4, -0.2) is 51.3 Å². The fourth-order valence-corrected chi connectivity index (χ4v) is 4.18. The van der Waals surface area contributed by atoms with Crippen molar-refractivity contribution < 1.29 is 24.9 Å². The number of carboxylic acid groups (broad SMARTS) is 1. The first-order valence-electron chi connectivity index (χ1n) is 10.4. The number of aliphatic hydroxyl groups is 1. The van der Waals surface area contributed by atoms with Crippen LogP contribution in [0.25, 0.3) is 0 Å². The predicted octanol–water partition coefficient (Wildman–Crippen LogP) is 3.01. The Hall–Kier alpha value is -2.86. The second-order valence-electron chi connectivity index (χ2n) is 8.09. The molecule has 1 saturated heterocycles. The predicted molar refractivity (Wildman–Crippen MR) is 113 cm³/mol. The van der Waals surface area contributed by atoms with Crippen LogP contribution in [0.3, 0.4) is 0 Å². The average Bonchev–Trinajstić information content (AvgIpc) is 2.75. The normalized spacial score (nSPS) is 21.4. The van der Waals surface area contributed by atoms with Crippen LogP contribution in [0.15, 0.2) is 54.6 Å². The number of phenolic OH excluding ortho intramolecular Hbond substituents is 1. The van der Waals surface area contributed by atoms with Gasteiger partial charge in [-0.3, -0.25) is 9.59 Å². The van der Waals surface area contributed by atoms with E-state index in [0.717, 1.165) is 17.5 Å². The molecule has 1 aliphatic heterocycles. The average molecular weight is 411 g/mol. The van der Waals surface area contributed by atoms with Crippen LogP contribution in [0, 0.1) is 5.41 Å². The highest BCUT2D eigenvalue weighted by Crippen LogP contribution is 2.36. The highest BCUT2D eigenvalue weighted by Gasteiger charge is 2.49. The van der Waals surface area contributed by atoms with Crippen molar-refractivity contribution in [2.75, 3.05) is 13.1 Å². The van der Waals surface area contributed by atoms with Gasteiger partial charge >= 0.3 is 5.97 Å². The number of hydrogen-bond donors (Lipinski definition) is 3. The molecule has 160 valence electrons. The summed E-state index contributed by atoms with van der Waals surface area (Å²) in [5.41, 5.74) is 0.733. The molecule has 1 heterocycles. The van der Waals surface area contributed by atoms with Gasteiger partial charge in [0, 0.05) is 19.5 Å². The number of likely N-dealkylation sites (tertiary alicyclic amines) is 1. The van der Waals surface area contributed by atoms with E-state index in [0.29, 0.717) is 25.8 Å². The van der Waals surface area contributed by atoms with Gasteiger partial charge in [-0.1, -0.05) is 42.5 Å². The molecule has 3 rings (SSSR count). The smallest absolute Gasteiger partial charge is 0.314 e. The van der Waals surface area contributed by atoms with Gasteiger partial charge in [0.2, 0.25) is 5.91 Å². The van der Waals surface area contributed by atoms with Crippen LogP contribution < -0.4 is 0 Å². The lowest BCUT2D eigenvalue weighted by atomic mass is 9.73. The van der Waals surface area contributed by atoms with Crippen molar-refractivity contribution >= 4 is 11.9 Å². The molecular weight excluding hydrogens is 382 g/mol. The first kappa shape index (κ1) is 21.8. The molecule has 6 nitrogen and oxygen atoms in total. The molecule has 0 aliphatic carbocycles. The summed E-state index contributed by atoms with van der Waals surface area (Å²) in [6.45, 7) is 0.399. The number of amides is 1. The molecule has 2 aromatic rings. The van der Waals surface area contributed by atoms with Crippen molar-refractivity contribution in [1.29, 1.82) is 0 Å². The summed E-state index contributed by atoms with van der Waals surface area (Å²) in [7, 11) is 0. The van der Waals surface area contributed by atoms with E-state index in [1.807, 2.05) is 30.3 Å². The SMILES string of the molecule is O=C(CCc1ccc(O)cc1)N1CC[C@@H](O)[C@](CCCc2ccccc2)(C(=O)O)C1. The molecule has 2 atom stereocenters. The Labute approximate surface area is 176 Å². The Bertz CT molecular complexity index is 852. The van der Waals surface area contributed by atoms with Crippen molar-refractivity contribution in [3.8, 4) is 5.75 Å². The molecule has 1 amide bonds. The first-order chi connectivity index (χ1) is 14.4. The molecule has 0 unspecified atom stereocenters. The summed E-state index contributed by atoms with van der Waals surface area (Å²) < 4.78 is 0. The number of aromatic hydroxyl groups is 1. The van der Waals surface area contributed by atoms with E-state index < -0.39 is 17.5 Å². The lowest BCUT2D eigenvalue weighted by Crippen LogP contribution is -2.57. The standard InChI is InChI=1S/C24H29NO5/c26-20-11-8-19(9-12-20)10-13-22(28)25-16-14-21(27)24(17-25,23(29)30)15-4-7-18-5-2-1-3-6-18/h1-3,5-6,8-9,11-12,21,26-27H,4,7,10,13-17H2,(H,29,30)/t21-,24-/m1/s1. The van der Waals surface area contributed by atoms with Gasteiger partial charge in [0.05, 0.1) is 6.10 Å². The van der Waals surface area contributed by atoms with E-state index in [9.17, 15) is 24.9 Å².